The predicted octanol–water partition coefficient (Wildman–Crippen LogP) is 3.87. The van der Waals surface area contributed by atoms with Gasteiger partial charge in [-0.25, -0.2) is 4.98 Å². The van der Waals surface area contributed by atoms with E-state index in [4.69, 9.17) is 4.74 Å². The topological polar surface area (TPSA) is 62.6 Å². The molecule has 0 radical (unpaired) electrons. The molecule has 0 saturated carbocycles. The van der Waals surface area contributed by atoms with Crippen LogP contribution in [-0.4, -0.2) is 29.3 Å². The van der Waals surface area contributed by atoms with Gasteiger partial charge in [-0.1, -0.05) is 74.5 Å². The van der Waals surface area contributed by atoms with Crippen LogP contribution in [0.25, 0.3) is 0 Å². The molecule has 152 valence electrons. The summed E-state index contributed by atoms with van der Waals surface area (Å²) >= 11 is 0. The molecule has 1 unspecified atom stereocenters. The first-order chi connectivity index (χ1) is 13.8. The summed E-state index contributed by atoms with van der Waals surface area (Å²) in [5, 5.41) is 11.1. The monoisotopic (exact) mass is 407 g/mol. The van der Waals surface area contributed by atoms with Crippen molar-refractivity contribution in [2.75, 3.05) is 0 Å². The van der Waals surface area contributed by atoms with Crippen molar-refractivity contribution in [2.45, 2.75) is 44.8 Å². The summed E-state index contributed by atoms with van der Waals surface area (Å²) in [6.07, 6.45) is 2.90. The van der Waals surface area contributed by atoms with Crippen LogP contribution < -0.4 is 15.1 Å². The van der Waals surface area contributed by atoms with Gasteiger partial charge in [-0.3, -0.25) is 0 Å². The minimum Gasteiger partial charge on any atom is -0.506 e. The number of ether oxygens (including phenoxy) is 1. The maximum absolute atomic E-state index is 12.2. The third kappa shape index (κ3) is 4.69. The van der Waals surface area contributed by atoms with Crippen molar-refractivity contribution in [1.29, 1.82) is 0 Å². The normalized spacial score (nSPS) is 13.1. The van der Waals surface area contributed by atoms with Gasteiger partial charge in [0.1, 0.15) is 5.75 Å². The second-order valence-electron chi connectivity index (χ2n) is 8.15. The number of nitrogens with zero attached hydrogens (tertiary/aromatic N) is 1. The Labute approximate surface area is 174 Å². The summed E-state index contributed by atoms with van der Waals surface area (Å²) in [5.74, 6) is 0.611. The Balaban J connectivity index is 1.80. The van der Waals surface area contributed by atoms with E-state index >= 15 is 0 Å². The van der Waals surface area contributed by atoms with Crippen molar-refractivity contribution in [1.82, 2.24) is 4.98 Å². The quantitative estimate of drug-likeness (QED) is 0.557. The summed E-state index contributed by atoms with van der Waals surface area (Å²) in [4.78, 5) is 16.3. The van der Waals surface area contributed by atoms with Crippen molar-refractivity contribution >= 4 is 18.7 Å². The van der Waals surface area contributed by atoms with Crippen LogP contribution in [0.3, 0.4) is 0 Å². The molecule has 0 spiro atoms. The van der Waals surface area contributed by atoms with Crippen LogP contribution >= 0.6 is 0 Å². The largest absolute Gasteiger partial charge is 0.506 e. The molecule has 1 atom stereocenters. The smallest absolute Gasteiger partial charge is 0.258 e. The lowest BCUT2D eigenvalue weighted by atomic mass is 10.0. The minimum absolute atomic E-state index is 0.0592. The van der Waals surface area contributed by atoms with Gasteiger partial charge in [0.2, 0.25) is 5.88 Å². The molecule has 2 N–H and O–H groups in total. The Bertz CT molecular complexity index is 859. The van der Waals surface area contributed by atoms with E-state index in [1.807, 2.05) is 67.6 Å². The Morgan fingerprint density at radius 2 is 1.48 bits per heavy atom. The first kappa shape index (κ1) is 21.1. The van der Waals surface area contributed by atoms with Crippen LogP contribution in [0, 0.1) is 0 Å². The maximum Gasteiger partial charge on any atom is 0.258 e. The number of aromatic nitrogens is 1. The zero-order chi connectivity index (χ0) is 20.9. The Morgan fingerprint density at radius 1 is 0.931 bits per heavy atom. The van der Waals surface area contributed by atoms with Crippen molar-refractivity contribution in [3.63, 3.8) is 0 Å². The van der Waals surface area contributed by atoms with Gasteiger partial charge in [0.05, 0.1) is 12.3 Å². The summed E-state index contributed by atoms with van der Waals surface area (Å²) in [7, 11) is -3.00. The van der Waals surface area contributed by atoms with Gasteiger partial charge in [-0.05, 0) is 41.2 Å². The van der Waals surface area contributed by atoms with E-state index < -0.39 is 8.32 Å². The molecular formula is C24H29NO3Si. The molecule has 0 aliphatic carbocycles. The number of aromatic hydroxyl groups is 1. The molecule has 0 bridgehead atoms. The Morgan fingerprint density at radius 3 is 1.97 bits per heavy atom. The van der Waals surface area contributed by atoms with E-state index in [0.717, 1.165) is 23.2 Å². The van der Waals surface area contributed by atoms with Gasteiger partial charge in [0.15, 0.2) is 0 Å². The van der Waals surface area contributed by atoms with Gasteiger partial charge in [-0.15, -0.1) is 0 Å². The van der Waals surface area contributed by atoms with Crippen LogP contribution in [0.4, 0.5) is 0 Å². The predicted molar refractivity (Wildman–Crippen MR) is 119 cm³/mol. The standard InChI is InChI=1S/C24H29NO3Si/c1-19(28-23-15-14-20(26)18-25-23)16-17-24(2,3)29(27,21-10-6-4-7-11-21)22-12-8-5-9-13-22/h4-15,18-19,26-27H,16-17H2,1-3H3. The lowest BCUT2D eigenvalue weighted by Gasteiger charge is -2.41. The van der Waals surface area contributed by atoms with Crippen molar-refractivity contribution in [3.8, 4) is 11.6 Å². The van der Waals surface area contributed by atoms with E-state index in [-0.39, 0.29) is 16.9 Å². The van der Waals surface area contributed by atoms with Gasteiger partial charge in [-0.2, -0.15) is 0 Å². The van der Waals surface area contributed by atoms with Gasteiger partial charge < -0.3 is 14.6 Å². The van der Waals surface area contributed by atoms with Gasteiger partial charge in [0, 0.05) is 6.07 Å². The average Bonchev–Trinajstić information content (AvgIpc) is 2.74. The molecule has 3 rings (SSSR count). The highest BCUT2D eigenvalue weighted by molar-refractivity contribution is 6.98. The molecular weight excluding hydrogens is 378 g/mol. The van der Waals surface area contributed by atoms with Gasteiger partial charge in [0.25, 0.3) is 8.32 Å². The summed E-state index contributed by atoms with van der Waals surface area (Å²) in [5.41, 5.74) is 0. The first-order valence-corrected chi connectivity index (χ1v) is 11.9. The lowest BCUT2D eigenvalue weighted by molar-refractivity contribution is 0.193. The molecule has 29 heavy (non-hydrogen) atoms. The molecule has 1 heterocycles. The number of benzene rings is 2. The van der Waals surface area contributed by atoms with Crippen LogP contribution in [-0.2, 0) is 0 Å². The van der Waals surface area contributed by atoms with Crippen LogP contribution in [0.5, 0.6) is 11.6 Å². The first-order valence-electron chi connectivity index (χ1n) is 9.98. The zero-order valence-electron chi connectivity index (χ0n) is 17.2. The van der Waals surface area contributed by atoms with Crippen LogP contribution in [0.1, 0.15) is 33.6 Å². The van der Waals surface area contributed by atoms with Gasteiger partial charge >= 0.3 is 0 Å². The molecule has 4 nitrogen and oxygen atoms in total. The molecule has 3 aromatic rings. The third-order valence-corrected chi connectivity index (χ3v) is 10.1. The van der Waals surface area contributed by atoms with Crippen molar-refractivity contribution in [2.24, 2.45) is 0 Å². The highest BCUT2D eigenvalue weighted by Crippen LogP contribution is 2.40. The second kappa shape index (κ2) is 8.80. The Hall–Kier alpha value is -2.63. The number of hydrogen-bond acceptors (Lipinski definition) is 4. The molecule has 5 heteroatoms. The number of rotatable bonds is 8. The summed E-state index contributed by atoms with van der Waals surface area (Å²) in [6.45, 7) is 6.33. The third-order valence-electron chi connectivity index (χ3n) is 5.58. The van der Waals surface area contributed by atoms with E-state index in [2.05, 4.69) is 18.8 Å². The van der Waals surface area contributed by atoms with Crippen LogP contribution in [0.15, 0.2) is 79.0 Å². The molecule has 0 aliphatic heterocycles. The SMILES string of the molecule is CC(CCC(C)(C)[Si](O)(c1ccccc1)c1ccccc1)Oc1ccc(O)cn1. The van der Waals surface area contributed by atoms with Crippen molar-refractivity contribution < 1.29 is 14.6 Å². The molecule has 1 aromatic heterocycles. The fourth-order valence-electron chi connectivity index (χ4n) is 3.76. The summed E-state index contributed by atoms with van der Waals surface area (Å²) in [6, 6.07) is 23.3. The fourth-order valence-corrected chi connectivity index (χ4v) is 7.51. The molecule has 2 aromatic carbocycles. The highest BCUT2D eigenvalue weighted by Gasteiger charge is 2.49. The molecule has 0 amide bonds. The van der Waals surface area contributed by atoms with E-state index in [9.17, 15) is 9.90 Å². The minimum atomic E-state index is -3.00. The second-order valence-corrected chi connectivity index (χ2v) is 12.1. The van der Waals surface area contributed by atoms with E-state index in [1.165, 1.54) is 6.20 Å². The maximum atomic E-state index is 12.2. The Kier molecular flexibility index (Phi) is 6.40. The zero-order valence-corrected chi connectivity index (χ0v) is 18.2. The number of pyridine rings is 1. The van der Waals surface area contributed by atoms with E-state index in [1.54, 1.807) is 12.1 Å². The summed E-state index contributed by atoms with van der Waals surface area (Å²) < 4.78 is 5.90. The molecule has 0 saturated heterocycles. The number of hydrogen-bond donors (Lipinski definition) is 2. The van der Waals surface area contributed by atoms with Crippen LogP contribution in [0.2, 0.25) is 5.04 Å². The average molecular weight is 408 g/mol. The molecule has 0 aliphatic rings. The van der Waals surface area contributed by atoms with E-state index in [0.29, 0.717) is 5.88 Å². The lowest BCUT2D eigenvalue weighted by Crippen LogP contribution is -2.65. The fraction of sp³-hybridized carbons (Fsp3) is 0.292. The molecule has 0 fully saturated rings. The highest BCUT2D eigenvalue weighted by atomic mass is 28.4. The van der Waals surface area contributed by atoms with Crippen molar-refractivity contribution in [3.05, 3.63) is 79.0 Å².